The third-order valence-electron chi connectivity index (χ3n) is 4.32. The normalized spacial score (nSPS) is 23.9. The molecule has 0 aliphatic carbocycles. The van der Waals surface area contributed by atoms with Gasteiger partial charge in [-0.25, -0.2) is 0 Å². The number of carbonyl (C=O) groups is 1. The van der Waals surface area contributed by atoms with E-state index in [0.29, 0.717) is 6.54 Å². The Morgan fingerprint density at radius 1 is 1.53 bits per heavy atom. The molecule has 1 aromatic heterocycles. The Morgan fingerprint density at radius 2 is 2.32 bits per heavy atom. The molecule has 1 N–H and O–H groups in total. The standard InChI is InChI=1S/C15H22N2O2/c1-12(2)15(14(18)19)7-10-17(11-15)9-6-13-5-3-4-8-16-13/h3-5,8,12H,6-7,9-11H2,1-2H3,(H,18,19). The van der Waals surface area contributed by atoms with Gasteiger partial charge in [0, 0.05) is 31.4 Å². The lowest BCUT2D eigenvalue weighted by Gasteiger charge is -2.28. The Morgan fingerprint density at radius 3 is 2.84 bits per heavy atom. The molecular weight excluding hydrogens is 240 g/mol. The summed E-state index contributed by atoms with van der Waals surface area (Å²) < 4.78 is 0. The number of aliphatic carboxylic acids is 1. The van der Waals surface area contributed by atoms with Gasteiger partial charge in [0.05, 0.1) is 5.41 Å². The highest BCUT2D eigenvalue weighted by Crippen LogP contribution is 2.38. The molecule has 0 saturated carbocycles. The topological polar surface area (TPSA) is 53.4 Å². The van der Waals surface area contributed by atoms with Crippen LogP contribution in [0.1, 0.15) is 26.0 Å². The molecule has 0 aromatic carbocycles. The molecule has 1 fully saturated rings. The van der Waals surface area contributed by atoms with Crippen LogP contribution in [0.4, 0.5) is 0 Å². The quantitative estimate of drug-likeness (QED) is 0.882. The fourth-order valence-electron chi connectivity index (χ4n) is 2.82. The molecule has 19 heavy (non-hydrogen) atoms. The van der Waals surface area contributed by atoms with Crippen molar-refractivity contribution in [3.63, 3.8) is 0 Å². The molecule has 1 unspecified atom stereocenters. The number of pyridine rings is 1. The highest BCUT2D eigenvalue weighted by atomic mass is 16.4. The van der Waals surface area contributed by atoms with Gasteiger partial charge in [-0.1, -0.05) is 19.9 Å². The minimum absolute atomic E-state index is 0.171. The van der Waals surface area contributed by atoms with E-state index < -0.39 is 11.4 Å². The number of likely N-dealkylation sites (tertiary alicyclic amines) is 1. The maximum atomic E-state index is 11.5. The number of hydrogen-bond acceptors (Lipinski definition) is 3. The van der Waals surface area contributed by atoms with Gasteiger partial charge in [0.15, 0.2) is 0 Å². The molecule has 1 aliphatic rings. The van der Waals surface area contributed by atoms with Crippen LogP contribution in [-0.4, -0.2) is 40.6 Å². The van der Waals surface area contributed by atoms with Crippen molar-refractivity contribution in [3.05, 3.63) is 30.1 Å². The van der Waals surface area contributed by atoms with Crippen molar-refractivity contribution in [2.24, 2.45) is 11.3 Å². The predicted molar refractivity (Wildman–Crippen MR) is 73.9 cm³/mol. The van der Waals surface area contributed by atoms with Crippen molar-refractivity contribution in [1.82, 2.24) is 9.88 Å². The minimum Gasteiger partial charge on any atom is -0.481 e. The molecule has 1 atom stereocenters. The highest BCUT2D eigenvalue weighted by Gasteiger charge is 2.46. The van der Waals surface area contributed by atoms with Gasteiger partial charge in [-0.2, -0.15) is 0 Å². The van der Waals surface area contributed by atoms with Crippen molar-refractivity contribution in [3.8, 4) is 0 Å². The van der Waals surface area contributed by atoms with Crippen LogP contribution in [0.5, 0.6) is 0 Å². The van der Waals surface area contributed by atoms with Crippen LogP contribution in [0.3, 0.4) is 0 Å². The van der Waals surface area contributed by atoms with Crippen LogP contribution in [0.2, 0.25) is 0 Å². The second kappa shape index (κ2) is 5.70. The van der Waals surface area contributed by atoms with E-state index in [0.717, 1.165) is 31.6 Å². The van der Waals surface area contributed by atoms with Crippen molar-refractivity contribution < 1.29 is 9.90 Å². The summed E-state index contributed by atoms with van der Waals surface area (Å²) in [5.41, 5.74) is 0.504. The van der Waals surface area contributed by atoms with Gasteiger partial charge in [-0.3, -0.25) is 9.78 Å². The third kappa shape index (κ3) is 2.95. The Labute approximate surface area is 114 Å². The maximum Gasteiger partial charge on any atom is 0.311 e. The van der Waals surface area contributed by atoms with Gasteiger partial charge >= 0.3 is 5.97 Å². The van der Waals surface area contributed by atoms with Crippen LogP contribution in [0.15, 0.2) is 24.4 Å². The minimum atomic E-state index is -0.650. The van der Waals surface area contributed by atoms with E-state index in [1.54, 1.807) is 6.20 Å². The molecule has 2 rings (SSSR count). The zero-order chi connectivity index (χ0) is 13.9. The number of hydrogen-bond donors (Lipinski definition) is 1. The highest BCUT2D eigenvalue weighted by molar-refractivity contribution is 5.75. The van der Waals surface area contributed by atoms with Gasteiger partial charge < -0.3 is 10.0 Å². The summed E-state index contributed by atoms with van der Waals surface area (Å²) in [4.78, 5) is 18.1. The number of rotatable bonds is 5. The Kier molecular flexibility index (Phi) is 4.20. The van der Waals surface area contributed by atoms with Crippen molar-refractivity contribution in [1.29, 1.82) is 0 Å². The van der Waals surface area contributed by atoms with Crippen molar-refractivity contribution in [2.45, 2.75) is 26.7 Å². The Hall–Kier alpha value is -1.42. The fourth-order valence-corrected chi connectivity index (χ4v) is 2.82. The molecule has 2 heterocycles. The van der Waals surface area contributed by atoms with Gasteiger partial charge in [-0.15, -0.1) is 0 Å². The first-order chi connectivity index (χ1) is 9.04. The first-order valence-electron chi connectivity index (χ1n) is 6.90. The molecule has 0 radical (unpaired) electrons. The number of nitrogens with zero attached hydrogens (tertiary/aromatic N) is 2. The fraction of sp³-hybridized carbons (Fsp3) is 0.600. The van der Waals surface area contributed by atoms with E-state index in [-0.39, 0.29) is 5.92 Å². The molecule has 0 spiro atoms. The number of aromatic nitrogens is 1. The van der Waals surface area contributed by atoms with E-state index in [9.17, 15) is 9.90 Å². The summed E-state index contributed by atoms with van der Waals surface area (Å²) in [7, 11) is 0. The second-order valence-electron chi connectivity index (χ2n) is 5.71. The molecule has 4 nitrogen and oxygen atoms in total. The Bertz CT molecular complexity index is 433. The van der Waals surface area contributed by atoms with Crippen LogP contribution in [0.25, 0.3) is 0 Å². The van der Waals surface area contributed by atoms with Crippen LogP contribution >= 0.6 is 0 Å². The van der Waals surface area contributed by atoms with Crippen LogP contribution in [0, 0.1) is 11.3 Å². The summed E-state index contributed by atoms with van der Waals surface area (Å²) in [6.07, 6.45) is 3.44. The third-order valence-corrected chi connectivity index (χ3v) is 4.32. The maximum absolute atomic E-state index is 11.5. The lowest BCUT2D eigenvalue weighted by molar-refractivity contribution is -0.151. The zero-order valence-corrected chi connectivity index (χ0v) is 11.7. The van der Waals surface area contributed by atoms with Crippen molar-refractivity contribution in [2.75, 3.05) is 19.6 Å². The zero-order valence-electron chi connectivity index (χ0n) is 11.7. The largest absolute Gasteiger partial charge is 0.481 e. The van der Waals surface area contributed by atoms with E-state index in [2.05, 4.69) is 9.88 Å². The molecule has 0 bridgehead atoms. The van der Waals surface area contributed by atoms with E-state index in [1.165, 1.54) is 0 Å². The molecule has 104 valence electrons. The first kappa shape index (κ1) is 14.0. The van der Waals surface area contributed by atoms with Crippen molar-refractivity contribution >= 4 is 5.97 Å². The summed E-state index contributed by atoms with van der Waals surface area (Å²) >= 11 is 0. The van der Waals surface area contributed by atoms with E-state index in [1.807, 2.05) is 32.0 Å². The molecule has 1 saturated heterocycles. The van der Waals surface area contributed by atoms with Gasteiger partial charge in [0.25, 0.3) is 0 Å². The monoisotopic (exact) mass is 262 g/mol. The molecule has 1 aliphatic heterocycles. The number of carboxylic acid groups (broad SMARTS) is 1. The molecule has 1 aromatic rings. The lowest BCUT2D eigenvalue weighted by Crippen LogP contribution is -2.39. The van der Waals surface area contributed by atoms with Crippen LogP contribution < -0.4 is 0 Å². The van der Waals surface area contributed by atoms with Gasteiger partial charge in [0.1, 0.15) is 0 Å². The Balaban J connectivity index is 1.93. The number of carboxylic acids is 1. The molecule has 0 amide bonds. The molecular formula is C15H22N2O2. The van der Waals surface area contributed by atoms with E-state index >= 15 is 0 Å². The lowest BCUT2D eigenvalue weighted by atomic mass is 9.76. The van der Waals surface area contributed by atoms with E-state index in [4.69, 9.17) is 0 Å². The molecule has 4 heteroatoms. The van der Waals surface area contributed by atoms with Crippen LogP contribution in [-0.2, 0) is 11.2 Å². The summed E-state index contributed by atoms with van der Waals surface area (Å²) in [5, 5.41) is 9.50. The average molecular weight is 262 g/mol. The average Bonchev–Trinajstić information content (AvgIpc) is 2.83. The van der Waals surface area contributed by atoms with Gasteiger partial charge in [-0.05, 0) is 31.0 Å². The second-order valence-corrected chi connectivity index (χ2v) is 5.71. The first-order valence-corrected chi connectivity index (χ1v) is 6.90. The smallest absolute Gasteiger partial charge is 0.311 e. The summed E-state index contributed by atoms with van der Waals surface area (Å²) in [5.74, 6) is -0.479. The predicted octanol–water partition coefficient (Wildman–Crippen LogP) is 2.06. The summed E-state index contributed by atoms with van der Waals surface area (Å²) in [6, 6.07) is 5.92. The van der Waals surface area contributed by atoms with Gasteiger partial charge in [0.2, 0.25) is 0 Å². The SMILES string of the molecule is CC(C)C1(C(=O)O)CCN(CCc2ccccn2)C1. The summed E-state index contributed by atoms with van der Waals surface area (Å²) in [6.45, 7) is 6.44.